The second kappa shape index (κ2) is 11.6. The van der Waals surface area contributed by atoms with Crippen LogP contribution in [0.15, 0.2) is 41.3 Å². The van der Waals surface area contributed by atoms with Crippen molar-refractivity contribution in [3.05, 3.63) is 41.8 Å². The molecule has 1 amide bonds. The Morgan fingerprint density at radius 3 is 2.76 bits per heavy atom. The predicted octanol–water partition coefficient (Wildman–Crippen LogP) is 0.147. The van der Waals surface area contributed by atoms with Gasteiger partial charge in [-0.25, -0.2) is 19.7 Å². The minimum absolute atomic E-state index is 0.0796. The number of aryl methyl sites for hydroxylation is 1. The number of nitrogens with zero attached hydrogens (tertiary/aromatic N) is 5. The van der Waals surface area contributed by atoms with E-state index in [-0.39, 0.29) is 16.5 Å². The third-order valence-corrected chi connectivity index (χ3v) is 4.91. The number of nitrogen functional groups attached to an aromatic ring is 1. The number of pyridine rings is 1. The van der Waals surface area contributed by atoms with Crippen LogP contribution < -0.4 is 27.3 Å². The van der Waals surface area contributed by atoms with E-state index in [0.717, 1.165) is 17.8 Å². The highest BCUT2D eigenvalue weighted by atomic mass is 32.1. The molecule has 14 nitrogen and oxygen atoms in total. The van der Waals surface area contributed by atoms with E-state index in [0.29, 0.717) is 30.6 Å². The SMILES string of the molecule is NCCCn1ccnc1Nc1ccc(OC[C@H](O/N=C(\C(N)=O)c2csc(N)n2)C(=O)O)cn1. The first-order valence-electron chi connectivity index (χ1n) is 9.92. The van der Waals surface area contributed by atoms with Crippen LogP contribution in [0.25, 0.3) is 0 Å². The lowest BCUT2D eigenvalue weighted by molar-refractivity contribution is -0.152. The van der Waals surface area contributed by atoms with E-state index >= 15 is 0 Å². The van der Waals surface area contributed by atoms with Crippen LogP contribution in [-0.4, -0.2) is 61.5 Å². The highest BCUT2D eigenvalue weighted by Crippen LogP contribution is 2.17. The van der Waals surface area contributed by atoms with Gasteiger partial charge in [-0.3, -0.25) is 4.79 Å². The zero-order valence-corrected chi connectivity index (χ0v) is 18.6. The number of hydrogen-bond donors (Lipinski definition) is 5. The van der Waals surface area contributed by atoms with Crippen LogP contribution in [0.2, 0.25) is 0 Å². The maximum Gasteiger partial charge on any atom is 0.351 e. The van der Waals surface area contributed by atoms with E-state index in [1.807, 2.05) is 10.8 Å². The lowest BCUT2D eigenvalue weighted by Gasteiger charge is -2.13. The number of ether oxygens (including phenoxy) is 1. The van der Waals surface area contributed by atoms with Gasteiger partial charge in [0.05, 0.1) is 6.20 Å². The lowest BCUT2D eigenvalue weighted by atomic mass is 10.3. The molecule has 0 radical (unpaired) electrons. The number of carbonyl (C=O) groups is 2. The van der Waals surface area contributed by atoms with Gasteiger partial charge in [-0.2, -0.15) is 0 Å². The third-order valence-electron chi connectivity index (χ3n) is 4.24. The second-order valence-corrected chi connectivity index (χ2v) is 7.60. The maximum absolute atomic E-state index is 11.6. The van der Waals surface area contributed by atoms with Gasteiger partial charge < -0.3 is 41.8 Å². The summed E-state index contributed by atoms with van der Waals surface area (Å²) < 4.78 is 7.36. The highest BCUT2D eigenvalue weighted by molar-refractivity contribution is 7.13. The number of carbonyl (C=O) groups excluding carboxylic acids is 1. The molecule has 0 unspecified atom stereocenters. The zero-order chi connectivity index (χ0) is 24.5. The molecule has 15 heteroatoms. The first-order valence-corrected chi connectivity index (χ1v) is 10.8. The molecule has 0 aliphatic carbocycles. The minimum Gasteiger partial charge on any atom is -0.487 e. The average molecular weight is 490 g/mol. The number of amides is 1. The largest absolute Gasteiger partial charge is 0.487 e. The van der Waals surface area contributed by atoms with Crippen molar-refractivity contribution in [3.8, 4) is 5.75 Å². The topological polar surface area (TPSA) is 219 Å². The summed E-state index contributed by atoms with van der Waals surface area (Å²) in [7, 11) is 0. The fraction of sp³-hybridized carbons (Fsp3) is 0.263. The first kappa shape index (κ1) is 24.4. The van der Waals surface area contributed by atoms with Crippen LogP contribution >= 0.6 is 11.3 Å². The molecule has 0 saturated heterocycles. The molecule has 0 bridgehead atoms. The van der Waals surface area contributed by atoms with Gasteiger partial charge in [-0.15, -0.1) is 11.3 Å². The van der Waals surface area contributed by atoms with Gasteiger partial charge in [-0.05, 0) is 25.1 Å². The number of oxime groups is 1. The number of hydrogen-bond acceptors (Lipinski definition) is 12. The van der Waals surface area contributed by atoms with Crippen LogP contribution in [0, 0.1) is 0 Å². The molecule has 180 valence electrons. The number of nitrogens with two attached hydrogens (primary N) is 3. The van der Waals surface area contributed by atoms with Gasteiger partial charge in [0.25, 0.3) is 12.0 Å². The van der Waals surface area contributed by atoms with Crippen LogP contribution in [-0.2, 0) is 21.0 Å². The Hall–Kier alpha value is -4.24. The number of aromatic nitrogens is 4. The molecule has 0 aromatic carbocycles. The summed E-state index contributed by atoms with van der Waals surface area (Å²) in [4.78, 5) is 40.5. The number of thiazole rings is 1. The normalized spacial score (nSPS) is 12.2. The predicted molar refractivity (Wildman–Crippen MR) is 124 cm³/mol. The van der Waals surface area contributed by atoms with Crippen molar-refractivity contribution in [1.82, 2.24) is 19.5 Å². The van der Waals surface area contributed by atoms with E-state index in [9.17, 15) is 14.7 Å². The van der Waals surface area contributed by atoms with Gasteiger partial charge >= 0.3 is 5.97 Å². The number of anilines is 3. The summed E-state index contributed by atoms with van der Waals surface area (Å²) in [5.74, 6) is -0.902. The molecule has 0 fully saturated rings. The number of carboxylic acid groups (broad SMARTS) is 1. The number of nitrogens with one attached hydrogen (secondary N) is 1. The highest BCUT2D eigenvalue weighted by Gasteiger charge is 2.23. The molecule has 34 heavy (non-hydrogen) atoms. The Morgan fingerprint density at radius 2 is 2.15 bits per heavy atom. The molecule has 3 rings (SSSR count). The summed E-state index contributed by atoms with van der Waals surface area (Å²) >= 11 is 1.06. The molecule has 3 aromatic rings. The van der Waals surface area contributed by atoms with Crippen molar-refractivity contribution < 1.29 is 24.3 Å². The standard InChI is InChI=1S/C19H23N9O5S/c20-4-1-6-28-7-5-23-19(28)26-14-3-2-11(8-24-14)32-9-13(17(30)31)33-27-15(16(21)29)12-10-34-18(22)25-12/h2-3,5,7-8,10,13H,1,4,6,9,20H2,(H2,21,29)(H2,22,25)(H,30,31)(H,23,24,26)/b27-15-/t13-/m0/s1. The molecule has 1 atom stereocenters. The van der Waals surface area contributed by atoms with Crippen LogP contribution in [0.3, 0.4) is 0 Å². The molecular weight excluding hydrogens is 466 g/mol. The Bertz CT molecular complexity index is 1150. The Labute approximate surface area is 197 Å². The summed E-state index contributed by atoms with van der Waals surface area (Å²) in [6, 6.07) is 3.24. The summed E-state index contributed by atoms with van der Waals surface area (Å²) in [5.41, 5.74) is 16.1. The summed E-state index contributed by atoms with van der Waals surface area (Å²) in [6.45, 7) is 0.867. The smallest absolute Gasteiger partial charge is 0.351 e. The average Bonchev–Trinajstić information content (AvgIpc) is 3.43. The molecule has 8 N–H and O–H groups in total. The number of rotatable bonds is 13. The molecule has 3 heterocycles. The third kappa shape index (κ3) is 6.63. The Morgan fingerprint density at radius 1 is 1.32 bits per heavy atom. The van der Waals surface area contributed by atoms with Gasteiger partial charge in [0.15, 0.2) is 10.8 Å². The Kier molecular flexibility index (Phi) is 8.31. The molecule has 0 spiro atoms. The first-order chi connectivity index (χ1) is 16.4. The van der Waals surface area contributed by atoms with Crippen LogP contribution in [0.1, 0.15) is 12.1 Å². The lowest BCUT2D eigenvalue weighted by Crippen LogP contribution is -2.31. The monoisotopic (exact) mass is 489 g/mol. The fourth-order valence-electron chi connectivity index (χ4n) is 2.58. The molecule has 0 aliphatic heterocycles. The van der Waals surface area contributed by atoms with Gasteiger partial charge in [0, 0.05) is 24.3 Å². The maximum atomic E-state index is 11.6. The van der Waals surface area contributed by atoms with Crippen molar-refractivity contribution in [2.45, 2.75) is 19.1 Å². The number of carboxylic acids is 1. The fourth-order valence-corrected chi connectivity index (χ4v) is 3.13. The molecule has 0 saturated carbocycles. The Balaban J connectivity index is 1.59. The van der Waals surface area contributed by atoms with Gasteiger partial charge in [-0.1, -0.05) is 5.16 Å². The van der Waals surface area contributed by atoms with Crippen molar-refractivity contribution in [1.29, 1.82) is 0 Å². The van der Waals surface area contributed by atoms with E-state index in [1.165, 1.54) is 11.6 Å². The van der Waals surface area contributed by atoms with E-state index < -0.39 is 24.6 Å². The van der Waals surface area contributed by atoms with Crippen LogP contribution in [0.5, 0.6) is 5.75 Å². The molecular formula is C19H23N9O5S. The van der Waals surface area contributed by atoms with Gasteiger partial charge in [0.1, 0.15) is 23.9 Å². The van der Waals surface area contributed by atoms with E-state index in [4.69, 9.17) is 26.8 Å². The van der Waals surface area contributed by atoms with Crippen molar-refractivity contribution in [2.24, 2.45) is 16.6 Å². The molecule has 3 aromatic heterocycles. The zero-order valence-electron chi connectivity index (χ0n) is 17.8. The van der Waals surface area contributed by atoms with Gasteiger partial charge in [0.2, 0.25) is 5.95 Å². The van der Waals surface area contributed by atoms with E-state index in [2.05, 4.69) is 25.4 Å². The van der Waals surface area contributed by atoms with Crippen LogP contribution in [0.4, 0.5) is 16.9 Å². The van der Waals surface area contributed by atoms with Crippen molar-refractivity contribution in [3.63, 3.8) is 0 Å². The number of aliphatic carboxylic acids is 1. The second-order valence-electron chi connectivity index (χ2n) is 6.71. The minimum atomic E-state index is -1.53. The van der Waals surface area contributed by atoms with Crippen molar-refractivity contribution in [2.75, 3.05) is 24.2 Å². The van der Waals surface area contributed by atoms with E-state index in [1.54, 1.807) is 18.3 Å². The number of imidazole rings is 1. The summed E-state index contributed by atoms with van der Waals surface area (Å²) in [6.07, 6.45) is 4.18. The summed E-state index contributed by atoms with van der Waals surface area (Å²) in [5, 5.41) is 17.7. The quantitative estimate of drug-likeness (QED) is 0.161. The van der Waals surface area contributed by atoms with Crippen molar-refractivity contribution >= 4 is 45.8 Å². The number of primary amides is 1. The molecule has 0 aliphatic rings.